The van der Waals surface area contributed by atoms with Crippen LogP contribution in [0.3, 0.4) is 0 Å². The summed E-state index contributed by atoms with van der Waals surface area (Å²) in [5.41, 5.74) is -1.84. The number of rotatable bonds is 3. The number of likely N-dealkylation sites (tertiary alicyclic amines) is 2. The van der Waals surface area contributed by atoms with Gasteiger partial charge in [-0.1, -0.05) is 0 Å². The second-order valence-corrected chi connectivity index (χ2v) is 10.5. The van der Waals surface area contributed by atoms with Gasteiger partial charge >= 0.3 is 12.2 Å². The third-order valence-electron chi connectivity index (χ3n) is 7.99. The van der Waals surface area contributed by atoms with Crippen molar-refractivity contribution in [1.82, 2.24) is 25.3 Å². The zero-order valence-electron chi connectivity index (χ0n) is 18.1. The summed E-state index contributed by atoms with van der Waals surface area (Å²) < 4.78 is 50.6. The molecule has 2 aliphatic carbocycles. The summed E-state index contributed by atoms with van der Waals surface area (Å²) in [5, 5.41) is 10.5. The van der Waals surface area contributed by atoms with Crippen molar-refractivity contribution in [1.29, 1.82) is 0 Å². The van der Waals surface area contributed by atoms with E-state index >= 15 is 0 Å². The van der Waals surface area contributed by atoms with Gasteiger partial charge in [0.25, 0.3) is 0 Å². The van der Waals surface area contributed by atoms with Crippen molar-refractivity contribution >= 4 is 11.9 Å². The average Bonchev–Trinajstić information content (AvgIpc) is 3.41. The minimum absolute atomic E-state index is 0.00630. The highest BCUT2D eigenvalue weighted by molar-refractivity contribution is 5.79. The molecule has 1 aromatic heterocycles. The van der Waals surface area contributed by atoms with Crippen LogP contribution in [0.4, 0.5) is 18.0 Å². The summed E-state index contributed by atoms with van der Waals surface area (Å²) >= 11 is 0. The van der Waals surface area contributed by atoms with Crippen LogP contribution in [0.15, 0.2) is 4.42 Å². The monoisotopic (exact) mass is 469 g/mol. The third kappa shape index (κ3) is 3.48. The first-order valence-corrected chi connectivity index (χ1v) is 11.5. The molecular formula is C21H26F3N5O4. The number of nitrogens with one attached hydrogen (secondary N) is 1. The molecule has 5 aliphatic rings. The Bertz CT molecular complexity index is 963. The summed E-state index contributed by atoms with van der Waals surface area (Å²) in [6, 6.07) is -0.163. The molecule has 1 aromatic rings. The van der Waals surface area contributed by atoms with Crippen molar-refractivity contribution in [3.05, 3.63) is 11.8 Å². The molecule has 1 unspecified atom stereocenters. The molecule has 2 saturated carbocycles. The van der Waals surface area contributed by atoms with Crippen molar-refractivity contribution < 1.29 is 31.9 Å². The Morgan fingerprint density at radius 1 is 1.18 bits per heavy atom. The van der Waals surface area contributed by atoms with Gasteiger partial charge in [-0.25, -0.2) is 4.79 Å². The number of hydrogen-bond acceptors (Lipinski definition) is 6. The highest BCUT2D eigenvalue weighted by atomic mass is 19.4. The molecule has 33 heavy (non-hydrogen) atoms. The number of urea groups is 1. The highest BCUT2D eigenvalue weighted by Gasteiger charge is 2.68. The van der Waals surface area contributed by atoms with Gasteiger partial charge in [-0.3, -0.25) is 4.79 Å². The Morgan fingerprint density at radius 3 is 2.64 bits per heavy atom. The molecule has 9 nitrogen and oxygen atoms in total. The first kappa shape index (κ1) is 21.2. The van der Waals surface area contributed by atoms with Gasteiger partial charge in [0.05, 0.1) is 12.1 Å². The summed E-state index contributed by atoms with van der Waals surface area (Å²) in [4.78, 5) is 28.1. The number of amides is 3. The standard InChI is InChI=1S/C21H26F3N5O4/c22-21(23,24)20(2-3-20)17-27-26-16(33-17)5-12-6-19(7-12)10-29(11-19)18(31)28-4-1-14-13(8-28)25-15(30)9-32-14/h12-14H,1-11H2,(H,25,30)/t13-,14?/m1/s1. The second kappa shape index (κ2) is 7.07. The maximum Gasteiger partial charge on any atom is 0.403 e. The topological polar surface area (TPSA) is 101 Å². The van der Waals surface area contributed by atoms with E-state index in [-0.39, 0.29) is 66.6 Å². The lowest BCUT2D eigenvalue weighted by atomic mass is 9.57. The minimum atomic E-state index is -4.36. The number of ether oxygens (including phenoxy) is 1. The Kier molecular flexibility index (Phi) is 4.54. The number of carbonyl (C=O) groups excluding carboxylic acids is 2. The maximum absolute atomic E-state index is 13.2. The maximum atomic E-state index is 13.2. The molecule has 1 N–H and O–H groups in total. The van der Waals surface area contributed by atoms with Gasteiger partial charge in [-0.05, 0) is 38.0 Å². The van der Waals surface area contributed by atoms with E-state index in [0.29, 0.717) is 39.0 Å². The third-order valence-corrected chi connectivity index (χ3v) is 7.99. The Balaban J connectivity index is 0.979. The summed E-state index contributed by atoms with van der Waals surface area (Å²) in [7, 11) is 0. The number of carbonyl (C=O) groups is 2. The molecule has 0 radical (unpaired) electrons. The predicted molar refractivity (Wildman–Crippen MR) is 105 cm³/mol. The minimum Gasteiger partial charge on any atom is -0.424 e. The van der Waals surface area contributed by atoms with E-state index in [4.69, 9.17) is 9.15 Å². The van der Waals surface area contributed by atoms with Gasteiger partial charge in [-0.2, -0.15) is 13.2 Å². The molecule has 0 aromatic carbocycles. The van der Waals surface area contributed by atoms with Gasteiger partial charge < -0.3 is 24.3 Å². The SMILES string of the molecule is O=C1COC2CCN(C(=O)N3CC4(CC(Cc5nnc(C6(C(F)(F)F)CC6)o5)C4)C3)C[C@H]2N1. The predicted octanol–water partition coefficient (Wildman–Crippen LogP) is 1.63. The van der Waals surface area contributed by atoms with Crippen LogP contribution >= 0.6 is 0 Å². The quantitative estimate of drug-likeness (QED) is 0.722. The molecule has 1 spiro atoms. The Labute approximate surface area is 188 Å². The van der Waals surface area contributed by atoms with E-state index in [2.05, 4.69) is 15.5 Å². The molecule has 5 fully saturated rings. The fourth-order valence-corrected chi connectivity index (χ4v) is 6.06. The van der Waals surface area contributed by atoms with Crippen LogP contribution < -0.4 is 5.32 Å². The first-order chi connectivity index (χ1) is 15.7. The summed E-state index contributed by atoms with van der Waals surface area (Å²) in [6.07, 6.45) is -1.40. The zero-order valence-corrected chi connectivity index (χ0v) is 18.1. The fourth-order valence-electron chi connectivity index (χ4n) is 6.06. The molecule has 3 aliphatic heterocycles. The molecule has 6 rings (SSSR count). The van der Waals surface area contributed by atoms with Crippen LogP contribution in [-0.2, 0) is 21.4 Å². The molecule has 4 heterocycles. The molecular weight excluding hydrogens is 443 g/mol. The number of fused-ring (bicyclic) bond motifs is 1. The molecule has 12 heteroatoms. The van der Waals surface area contributed by atoms with Crippen molar-refractivity contribution in [2.24, 2.45) is 11.3 Å². The van der Waals surface area contributed by atoms with Crippen molar-refractivity contribution in [3.63, 3.8) is 0 Å². The number of hydrogen-bond donors (Lipinski definition) is 1. The van der Waals surface area contributed by atoms with Crippen LogP contribution in [0.2, 0.25) is 0 Å². The van der Waals surface area contributed by atoms with E-state index < -0.39 is 11.6 Å². The van der Waals surface area contributed by atoms with Gasteiger partial charge in [0.15, 0.2) is 0 Å². The highest BCUT2D eigenvalue weighted by Crippen LogP contribution is 2.58. The number of piperidine rings is 1. The molecule has 2 atom stereocenters. The lowest BCUT2D eigenvalue weighted by molar-refractivity contribution is -0.165. The normalized spacial score (nSPS) is 30.3. The molecule has 0 bridgehead atoms. The number of alkyl halides is 3. The number of morpholine rings is 1. The summed E-state index contributed by atoms with van der Waals surface area (Å²) in [6.45, 7) is 2.52. The molecule has 3 amide bonds. The van der Waals surface area contributed by atoms with Gasteiger partial charge in [0, 0.05) is 38.0 Å². The average molecular weight is 469 g/mol. The number of aromatic nitrogens is 2. The van der Waals surface area contributed by atoms with Crippen molar-refractivity contribution in [3.8, 4) is 0 Å². The van der Waals surface area contributed by atoms with Gasteiger partial charge in [-0.15, -0.1) is 10.2 Å². The van der Waals surface area contributed by atoms with Crippen molar-refractivity contribution in [2.75, 3.05) is 32.8 Å². The zero-order chi connectivity index (χ0) is 23.0. The lowest BCUT2D eigenvalue weighted by Crippen LogP contribution is -2.68. The molecule has 180 valence electrons. The molecule has 3 saturated heterocycles. The first-order valence-electron chi connectivity index (χ1n) is 11.5. The van der Waals surface area contributed by atoms with E-state index in [0.717, 1.165) is 12.8 Å². The van der Waals surface area contributed by atoms with Crippen LogP contribution in [-0.4, -0.2) is 83.0 Å². The largest absolute Gasteiger partial charge is 0.424 e. The van der Waals surface area contributed by atoms with Crippen LogP contribution in [0.25, 0.3) is 0 Å². The van der Waals surface area contributed by atoms with E-state index in [1.807, 2.05) is 4.90 Å². The smallest absolute Gasteiger partial charge is 0.403 e. The van der Waals surface area contributed by atoms with E-state index in [1.54, 1.807) is 4.90 Å². The van der Waals surface area contributed by atoms with Crippen LogP contribution in [0.1, 0.15) is 43.9 Å². The van der Waals surface area contributed by atoms with Gasteiger partial charge in [0.2, 0.25) is 17.7 Å². The summed E-state index contributed by atoms with van der Waals surface area (Å²) in [5.74, 6) is 0.102. The fraction of sp³-hybridized carbons (Fsp3) is 0.810. The van der Waals surface area contributed by atoms with Crippen molar-refractivity contribution in [2.45, 2.75) is 62.3 Å². The lowest BCUT2D eigenvalue weighted by Gasteiger charge is -2.59. The second-order valence-electron chi connectivity index (χ2n) is 10.5. The number of nitrogens with zero attached hydrogens (tertiary/aromatic N) is 4. The Hall–Kier alpha value is -2.37. The van der Waals surface area contributed by atoms with Gasteiger partial charge in [0.1, 0.15) is 12.0 Å². The van der Waals surface area contributed by atoms with Crippen LogP contribution in [0.5, 0.6) is 0 Å². The van der Waals surface area contributed by atoms with Crippen LogP contribution in [0, 0.1) is 11.3 Å². The number of halogens is 3. The Morgan fingerprint density at radius 2 is 1.94 bits per heavy atom. The van der Waals surface area contributed by atoms with E-state index in [1.165, 1.54) is 0 Å². The van der Waals surface area contributed by atoms with E-state index in [9.17, 15) is 22.8 Å².